The van der Waals surface area contributed by atoms with Gasteiger partial charge in [-0.25, -0.2) is 4.79 Å². The van der Waals surface area contributed by atoms with E-state index in [2.05, 4.69) is 11.0 Å². The third-order valence-electron chi connectivity index (χ3n) is 4.98. The Bertz CT molecular complexity index is 675. The summed E-state index contributed by atoms with van der Waals surface area (Å²) in [5, 5.41) is 0. The first-order valence-corrected chi connectivity index (χ1v) is 9.38. The fraction of sp³-hybridized carbons (Fsp3) is 0.600. The third-order valence-corrected chi connectivity index (χ3v) is 4.98. The van der Waals surface area contributed by atoms with Crippen molar-refractivity contribution in [1.82, 2.24) is 4.90 Å². The Morgan fingerprint density at radius 1 is 1.00 bits per heavy atom. The van der Waals surface area contributed by atoms with Gasteiger partial charge in [0.25, 0.3) is 0 Å². The average molecular weight is 359 g/mol. The smallest absolute Gasteiger partial charge is 0.410 e. The topological polar surface area (TPSA) is 53.1 Å². The molecule has 1 fully saturated rings. The van der Waals surface area contributed by atoms with Crippen LogP contribution >= 0.6 is 0 Å². The van der Waals surface area contributed by atoms with E-state index in [9.17, 15) is 9.59 Å². The number of hydrogen-bond acceptors (Lipinski definition) is 4. The zero-order valence-electron chi connectivity index (χ0n) is 16.2. The molecule has 2 heterocycles. The van der Waals surface area contributed by atoms with Crippen molar-refractivity contribution in [2.45, 2.75) is 52.2 Å². The van der Waals surface area contributed by atoms with E-state index in [1.54, 1.807) is 11.8 Å². The number of nitrogens with zero attached hydrogens (tertiary/aromatic N) is 3. The monoisotopic (exact) mass is 359 g/mol. The van der Waals surface area contributed by atoms with Crippen LogP contribution in [0.4, 0.5) is 16.2 Å². The lowest BCUT2D eigenvalue weighted by molar-refractivity contribution is -0.116. The van der Waals surface area contributed by atoms with Crippen LogP contribution in [0.3, 0.4) is 0 Å². The molecule has 2 aliphatic heterocycles. The Morgan fingerprint density at radius 2 is 1.62 bits per heavy atom. The number of amides is 2. The molecule has 1 saturated heterocycles. The summed E-state index contributed by atoms with van der Waals surface area (Å²) < 4.78 is 5.48. The molecule has 0 atom stereocenters. The third kappa shape index (κ3) is 3.94. The minimum Gasteiger partial charge on any atom is -0.444 e. The SMILES string of the molecule is CC(=O)N1CCN(C2CCN(C(=O)OC(C)(C)C)CC2)c2ccccc21. The number of fused-ring (bicyclic) bond motifs is 1. The zero-order chi connectivity index (χ0) is 18.9. The summed E-state index contributed by atoms with van der Waals surface area (Å²) in [6.07, 6.45) is 1.60. The number of ether oxygens (including phenoxy) is 1. The quantitative estimate of drug-likeness (QED) is 0.772. The van der Waals surface area contributed by atoms with E-state index < -0.39 is 5.60 Å². The molecule has 0 aliphatic carbocycles. The van der Waals surface area contributed by atoms with E-state index >= 15 is 0 Å². The molecule has 0 saturated carbocycles. The Hall–Kier alpha value is -2.24. The van der Waals surface area contributed by atoms with Gasteiger partial charge in [0.15, 0.2) is 0 Å². The van der Waals surface area contributed by atoms with Crippen LogP contribution in [0, 0.1) is 0 Å². The van der Waals surface area contributed by atoms with Crippen LogP contribution in [-0.2, 0) is 9.53 Å². The van der Waals surface area contributed by atoms with Gasteiger partial charge in [0.05, 0.1) is 11.4 Å². The standard InChI is InChI=1S/C20H29N3O3/c1-15(24)22-13-14-23(18-8-6-5-7-17(18)22)16-9-11-21(12-10-16)19(25)26-20(2,3)4/h5-8,16H,9-14H2,1-4H3. The predicted octanol–water partition coefficient (Wildman–Crippen LogP) is 3.26. The number of hydrogen-bond donors (Lipinski definition) is 0. The molecular formula is C20H29N3O3. The van der Waals surface area contributed by atoms with Crippen molar-refractivity contribution >= 4 is 23.4 Å². The van der Waals surface area contributed by atoms with Crippen LogP contribution in [0.2, 0.25) is 0 Å². The number of para-hydroxylation sites is 2. The van der Waals surface area contributed by atoms with Gasteiger partial charge >= 0.3 is 6.09 Å². The second-order valence-corrected chi connectivity index (χ2v) is 8.05. The maximum absolute atomic E-state index is 12.3. The molecule has 1 aromatic carbocycles. The largest absolute Gasteiger partial charge is 0.444 e. The molecule has 26 heavy (non-hydrogen) atoms. The highest BCUT2D eigenvalue weighted by molar-refractivity contribution is 5.96. The summed E-state index contributed by atoms with van der Waals surface area (Å²) in [6.45, 7) is 10.2. The highest BCUT2D eigenvalue weighted by atomic mass is 16.6. The van der Waals surface area contributed by atoms with Crippen LogP contribution in [0.15, 0.2) is 24.3 Å². The fourth-order valence-electron chi connectivity index (χ4n) is 3.78. The average Bonchev–Trinajstić information content (AvgIpc) is 2.59. The van der Waals surface area contributed by atoms with E-state index in [0.717, 1.165) is 30.8 Å². The number of anilines is 2. The first-order chi connectivity index (χ1) is 12.3. The number of rotatable bonds is 1. The maximum Gasteiger partial charge on any atom is 0.410 e. The van der Waals surface area contributed by atoms with Crippen LogP contribution in [0.25, 0.3) is 0 Å². The van der Waals surface area contributed by atoms with Gasteiger partial charge in [-0.2, -0.15) is 0 Å². The van der Waals surface area contributed by atoms with Crippen molar-refractivity contribution in [3.63, 3.8) is 0 Å². The van der Waals surface area contributed by atoms with Gasteiger partial charge in [0, 0.05) is 39.1 Å². The number of carbonyl (C=O) groups is 2. The molecule has 0 spiro atoms. The Morgan fingerprint density at radius 3 is 2.19 bits per heavy atom. The number of benzene rings is 1. The second-order valence-electron chi connectivity index (χ2n) is 8.05. The van der Waals surface area contributed by atoms with Gasteiger partial charge in [0.2, 0.25) is 5.91 Å². The van der Waals surface area contributed by atoms with Crippen LogP contribution < -0.4 is 9.80 Å². The summed E-state index contributed by atoms with van der Waals surface area (Å²) in [6, 6.07) is 8.47. The normalized spacial score (nSPS) is 18.5. The first-order valence-electron chi connectivity index (χ1n) is 9.38. The number of piperidine rings is 1. The molecule has 0 N–H and O–H groups in total. The second kappa shape index (κ2) is 7.17. The van der Waals surface area contributed by atoms with Crippen molar-refractivity contribution < 1.29 is 14.3 Å². The molecule has 2 aliphatic rings. The van der Waals surface area contributed by atoms with Crippen molar-refractivity contribution in [3.05, 3.63) is 24.3 Å². The molecule has 142 valence electrons. The van der Waals surface area contributed by atoms with E-state index in [1.165, 1.54) is 0 Å². The summed E-state index contributed by atoms with van der Waals surface area (Å²) in [7, 11) is 0. The summed E-state index contributed by atoms with van der Waals surface area (Å²) in [4.78, 5) is 30.2. The predicted molar refractivity (Wildman–Crippen MR) is 103 cm³/mol. The maximum atomic E-state index is 12.3. The lowest BCUT2D eigenvalue weighted by atomic mass is 10.0. The van der Waals surface area contributed by atoms with Gasteiger partial charge in [-0.3, -0.25) is 4.79 Å². The zero-order valence-corrected chi connectivity index (χ0v) is 16.2. The highest BCUT2D eigenvalue weighted by Gasteiger charge is 2.33. The minimum atomic E-state index is -0.462. The van der Waals surface area contributed by atoms with E-state index in [-0.39, 0.29) is 12.0 Å². The number of likely N-dealkylation sites (tertiary alicyclic amines) is 1. The Balaban J connectivity index is 1.67. The molecule has 2 amide bonds. The molecule has 6 nitrogen and oxygen atoms in total. The van der Waals surface area contributed by atoms with Crippen LogP contribution in [0.5, 0.6) is 0 Å². The molecule has 6 heteroatoms. The van der Waals surface area contributed by atoms with Crippen molar-refractivity contribution in [2.24, 2.45) is 0 Å². The Labute approximate surface area is 155 Å². The molecule has 1 aromatic rings. The van der Waals surface area contributed by atoms with E-state index in [4.69, 9.17) is 4.74 Å². The van der Waals surface area contributed by atoms with E-state index in [0.29, 0.717) is 25.7 Å². The van der Waals surface area contributed by atoms with Crippen LogP contribution in [-0.4, -0.2) is 54.7 Å². The molecular weight excluding hydrogens is 330 g/mol. The Kier molecular flexibility index (Phi) is 5.12. The van der Waals surface area contributed by atoms with Gasteiger partial charge in [-0.15, -0.1) is 0 Å². The highest BCUT2D eigenvalue weighted by Crippen LogP contribution is 2.36. The molecule has 3 rings (SSSR count). The van der Waals surface area contributed by atoms with Gasteiger partial charge in [-0.05, 0) is 45.7 Å². The van der Waals surface area contributed by atoms with Gasteiger partial charge in [-0.1, -0.05) is 12.1 Å². The lowest BCUT2D eigenvalue weighted by Crippen LogP contribution is -2.52. The van der Waals surface area contributed by atoms with Crippen LogP contribution in [0.1, 0.15) is 40.5 Å². The van der Waals surface area contributed by atoms with Gasteiger partial charge in [0.1, 0.15) is 5.60 Å². The molecule has 0 aromatic heterocycles. The van der Waals surface area contributed by atoms with E-state index in [1.807, 2.05) is 43.9 Å². The van der Waals surface area contributed by atoms with Gasteiger partial charge < -0.3 is 19.4 Å². The summed E-state index contributed by atoms with van der Waals surface area (Å²) in [5.41, 5.74) is 1.64. The number of carbonyl (C=O) groups excluding carboxylic acids is 2. The molecule has 0 unspecified atom stereocenters. The van der Waals surface area contributed by atoms with Crippen molar-refractivity contribution in [3.8, 4) is 0 Å². The molecule has 0 radical (unpaired) electrons. The summed E-state index contributed by atoms with van der Waals surface area (Å²) >= 11 is 0. The fourth-order valence-corrected chi connectivity index (χ4v) is 3.78. The lowest BCUT2D eigenvalue weighted by Gasteiger charge is -2.44. The summed E-state index contributed by atoms with van der Waals surface area (Å²) in [5.74, 6) is 0.0804. The van der Waals surface area contributed by atoms with Crippen molar-refractivity contribution in [2.75, 3.05) is 36.0 Å². The van der Waals surface area contributed by atoms with Crippen molar-refractivity contribution in [1.29, 1.82) is 0 Å². The molecule has 0 bridgehead atoms. The first kappa shape index (κ1) is 18.5. The minimum absolute atomic E-state index is 0.0804.